The Labute approximate surface area is 93.6 Å². The lowest BCUT2D eigenvalue weighted by molar-refractivity contribution is 0.131. The molecular weight excluding hydrogens is 216 g/mol. The number of benzene rings is 1. The molecule has 0 aliphatic rings. The fraction of sp³-hybridized carbons (Fsp3) is 0.364. The minimum atomic E-state index is -0.675. The van der Waals surface area contributed by atoms with Gasteiger partial charge in [0, 0.05) is 18.7 Å². The lowest BCUT2D eigenvalue weighted by atomic mass is 10.2. The van der Waals surface area contributed by atoms with Crippen LogP contribution in [-0.4, -0.2) is 25.2 Å². The van der Waals surface area contributed by atoms with Crippen LogP contribution in [0.3, 0.4) is 0 Å². The molecule has 0 saturated heterocycles. The van der Waals surface area contributed by atoms with Crippen LogP contribution >= 0.6 is 0 Å². The lowest BCUT2D eigenvalue weighted by Gasteiger charge is -2.15. The Morgan fingerprint density at radius 3 is 2.56 bits per heavy atom. The summed E-state index contributed by atoms with van der Waals surface area (Å²) in [5, 5.41) is 0. The molecule has 0 unspecified atom stereocenters. The van der Waals surface area contributed by atoms with Gasteiger partial charge in [0.05, 0.1) is 13.7 Å². The monoisotopic (exact) mass is 231 g/mol. The van der Waals surface area contributed by atoms with E-state index < -0.39 is 17.7 Å². The van der Waals surface area contributed by atoms with Crippen molar-refractivity contribution in [3.8, 4) is 0 Å². The van der Waals surface area contributed by atoms with Crippen LogP contribution in [0.5, 0.6) is 0 Å². The Balaban J connectivity index is 0.00000225. The molecule has 0 bridgehead atoms. The van der Waals surface area contributed by atoms with Gasteiger partial charge in [0.15, 0.2) is 0 Å². The van der Waals surface area contributed by atoms with Crippen LogP contribution in [-0.2, 0) is 11.3 Å². The summed E-state index contributed by atoms with van der Waals surface area (Å²) in [6.45, 7) is 0.0405. The fourth-order valence-corrected chi connectivity index (χ4v) is 1.13. The predicted octanol–water partition coefficient (Wildman–Crippen LogP) is 2.80. The van der Waals surface area contributed by atoms with E-state index in [1.807, 2.05) is 0 Å². The van der Waals surface area contributed by atoms with Gasteiger partial charge in [-0.3, -0.25) is 0 Å². The van der Waals surface area contributed by atoms with Crippen LogP contribution in [0.4, 0.5) is 13.6 Å². The standard InChI is InChI=1S/C10H11F2NO2.CH4/c1-13(10(14)15-2)6-7-3-4-8(11)5-9(7)12;/h3-5H,6H2,1-2H3;1H4. The Hall–Kier alpha value is -1.65. The van der Waals surface area contributed by atoms with Crippen molar-refractivity contribution in [2.75, 3.05) is 14.2 Å². The van der Waals surface area contributed by atoms with Crippen LogP contribution in [0, 0.1) is 11.6 Å². The maximum absolute atomic E-state index is 13.2. The van der Waals surface area contributed by atoms with Crippen LogP contribution in [0.15, 0.2) is 18.2 Å². The van der Waals surface area contributed by atoms with Crippen molar-refractivity contribution in [1.82, 2.24) is 4.90 Å². The highest BCUT2D eigenvalue weighted by Gasteiger charge is 2.11. The smallest absolute Gasteiger partial charge is 0.409 e. The molecule has 1 amide bonds. The molecule has 0 aromatic heterocycles. The highest BCUT2D eigenvalue weighted by molar-refractivity contribution is 5.66. The first-order valence-corrected chi connectivity index (χ1v) is 4.27. The van der Waals surface area contributed by atoms with Gasteiger partial charge in [0.2, 0.25) is 0 Å². The zero-order valence-electron chi connectivity index (χ0n) is 8.46. The number of methoxy groups -OCH3 is 1. The molecule has 16 heavy (non-hydrogen) atoms. The van der Waals surface area contributed by atoms with Gasteiger partial charge in [-0.15, -0.1) is 0 Å². The summed E-state index contributed by atoms with van der Waals surface area (Å²) in [4.78, 5) is 12.2. The summed E-state index contributed by atoms with van der Waals surface area (Å²) >= 11 is 0. The van der Waals surface area contributed by atoms with E-state index in [2.05, 4.69) is 4.74 Å². The summed E-state index contributed by atoms with van der Waals surface area (Å²) in [5.41, 5.74) is 0.240. The molecule has 5 heteroatoms. The molecule has 0 saturated carbocycles. The van der Waals surface area contributed by atoms with Gasteiger partial charge in [-0.25, -0.2) is 13.6 Å². The molecule has 1 aromatic carbocycles. The van der Waals surface area contributed by atoms with Gasteiger partial charge in [-0.1, -0.05) is 13.5 Å². The molecule has 0 spiro atoms. The molecule has 0 radical (unpaired) electrons. The van der Waals surface area contributed by atoms with Crippen LogP contribution in [0.1, 0.15) is 13.0 Å². The van der Waals surface area contributed by atoms with E-state index in [4.69, 9.17) is 0 Å². The van der Waals surface area contributed by atoms with Crippen molar-refractivity contribution < 1.29 is 18.3 Å². The number of ether oxygens (including phenoxy) is 1. The van der Waals surface area contributed by atoms with E-state index in [9.17, 15) is 13.6 Å². The first-order valence-electron chi connectivity index (χ1n) is 4.27. The average Bonchev–Trinajstić information content (AvgIpc) is 2.20. The van der Waals surface area contributed by atoms with Gasteiger partial charge >= 0.3 is 6.09 Å². The molecule has 0 heterocycles. The molecular formula is C11H15F2NO2. The van der Waals surface area contributed by atoms with E-state index in [0.717, 1.165) is 12.1 Å². The van der Waals surface area contributed by atoms with Crippen LogP contribution < -0.4 is 0 Å². The second-order valence-electron chi connectivity index (χ2n) is 3.06. The Kier molecular flexibility index (Phi) is 5.42. The Morgan fingerprint density at radius 1 is 1.44 bits per heavy atom. The Bertz CT molecular complexity index is 369. The topological polar surface area (TPSA) is 29.5 Å². The number of carbonyl (C=O) groups is 1. The van der Waals surface area contributed by atoms with E-state index >= 15 is 0 Å². The highest BCUT2D eigenvalue weighted by Crippen LogP contribution is 2.11. The second-order valence-corrected chi connectivity index (χ2v) is 3.06. The van der Waals surface area contributed by atoms with Crippen LogP contribution in [0.2, 0.25) is 0 Å². The van der Waals surface area contributed by atoms with Gasteiger partial charge in [0.25, 0.3) is 0 Å². The fourth-order valence-electron chi connectivity index (χ4n) is 1.13. The summed E-state index contributed by atoms with van der Waals surface area (Å²) < 4.78 is 30.2. The van der Waals surface area contributed by atoms with Crippen molar-refractivity contribution in [2.45, 2.75) is 14.0 Å². The molecule has 90 valence electrons. The van der Waals surface area contributed by atoms with Gasteiger partial charge in [0.1, 0.15) is 11.6 Å². The second kappa shape index (κ2) is 6.05. The summed E-state index contributed by atoms with van der Waals surface area (Å²) in [5.74, 6) is -1.32. The van der Waals surface area contributed by atoms with Crippen LogP contribution in [0.25, 0.3) is 0 Å². The first kappa shape index (κ1) is 14.3. The summed E-state index contributed by atoms with van der Waals surface area (Å²) in [6.07, 6.45) is -0.571. The van der Waals surface area contributed by atoms with E-state index in [1.165, 1.54) is 25.1 Å². The highest BCUT2D eigenvalue weighted by atomic mass is 19.1. The van der Waals surface area contributed by atoms with Crippen molar-refractivity contribution in [1.29, 1.82) is 0 Å². The SMILES string of the molecule is C.COC(=O)N(C)Cc1ccc(F)cc1F. The van der Waals surface area contributed by atoms with Gasteiger partial charge in [-0.05, 0) is 6.07 Å². The minimum absolute atomic E-state index is 0. The third-order valence-corrected chi connectivity index (χ3v) is 1.91. The number of halogens is 2. The third kappa shape index (κ3) is 3.49. The molecule has 0 aliphatic carbocycles. The lowest BCUT2D eigenvalue weighted by Crippen LogP contribution is -2.26. The van der Waals surface area contributed by atoms with Gasteiger partial charge < -0.3 is 9.64 Å². The third-order valence-electron chi connectivity index (χ3n) is 1.91. The quantitative estimate of drug-likeness (QED) is 0.783. The number of amides is 1. The maximum Gasteiger partial charge on any atom is 0.409 e. The number of rotatable bonds is 2. The summed E-state index contributed by atoms with van der Waals surface area (Å²) in [7, 11) is 2.70. The minimum Gasteiger partial charge on any atom is -0.453 e. The molecule has 0 aliphatic heterocycles. The van der Waals surface area contributed by atoms with Crippen molar-refractivity contribution >= 4 is 6.09 Å². The number of carbonyl (C=O) groups excluding carboxylic acids is 1. The van der Waals surface area contributed by atoms with E-state index in [0.29, 0.717) is 0 Å². The summed E-state index contributed by atoms with van der Waals surface area (Å²) in [6, 6.07) is 3.22. The molecule has 0 fully saturated rings. The van der Waals surface area contributed by atoms with Gasteiger partial charge in [-0.2, -0.15) is 0 Å². The zero-order chi connectivity index (χ0) is 11.4. The predicted molar refractivity (Wildman–Crippen MR) is 57.0 cm³/mol. The zero-order valence-corrected chi connectivity index (χ0v) is 8.46. The molecule has 0 atom stereocenters. The van der Waals surface area contributed by atoms with E-state index in [1.54, 1.807) is 0 Å². The molecule has 0 N–H and O–H groups in total. The first-order chi connectivity index (χ1) is 7.04. The van der Waals surface area contributed by atoms with Crippen molar-refractivity contribution in [3.05, 3.63) is 35.4 Å². The molecule has 1 aromatic rings. The average molecular weight is 231 g/mol. The Morgan fingerprint density at radius 2 is 2.06 bits per heavy atom. The number of hydrogen-bond acceptors (Lipinski definition) is 2. The molecule has 1 rings (SSSR count). The maximum atomic E-state index is 13.2. The van der Waals surface area contributed by atoms with Crippen molar-refractivity contribution in [2.24, 2.45) is 0 Å². The number of nitrogens with zero attached hydrogens (tertiary/aromatic N) is 1. The van der Waals surface area contributed by atoms with E-state index in [-0.39, 0.29) is 19.5 Å². The normalized spacial score (nSPS) is 9.25. The molecule has 3 nitrogen and oxygen atoms in total. The number of hydrogen-bond donors (Lipinski definition) is 0. The largest absolute Gasteiger partial charge is 0.453 e. The van der Waals surface area contributed by atoms with Crippen molar-refractivity contribution in [3.63, 3.8) is 0 Å².